The van der Waals surface area contributed by atoms with Gasteiger partial charge in [-0.2, -0.15) is 0 Å². The Kier molecular flexibility index (Phi) is 4.89. The number of amides is 2. The average molecular weight is 323 g/mol. The third kappa shape index (κ3) is 3.79. The highest BCUT2D eigenvalue weighted by molar-refractivity contribution is 5.95. The van der Waals surface area contributed by atoms with Crippen LogP contribution < -0.4 is 5.32 Å². The van der Waals surface area contributed by atoms with Crippen molar-refractivity contribution in [1.82, 2.24) is 9.88 Å². The highest BCUT2D eigenvalue weighted by Gasteiger charge is 2.27. The highest BCUT2D eigenvalue weighted by atomic mass is 16.2. The molecule has 2 aromatic rings. The molecule has 124 valence electrons. The summed E-state index contributed by atoms with van der Waals surface area (Å²) >= 11 is 0. The molecule has 0 atom stereocenters. The first-order chi connectivity index (χ1) is 11.6. The SMILES string of the molecule is Cc1cccc(NC(=O)C2CCN(C(=O)c3cccnc3)CC2)c1. The average Bonchev–Trinajstić information content (AvgIpc) is 2.62. The van der Waals surface area contributed by atoms with E-state index in [1.54, 1.807) is 29.4 Å². The fourth-order valence-electron chi connectivity index (χ4n) is 2.98. The Labute approximate surface area is 141 Å². The van der Waals surface area contributed by atoms with Gasteiger partial charge in [0, 0.05) is 37.1 Å². The molecule has 1 aromatic heterocycles. The number of aryl methyl sites for hydroxylation is 1. The molecule has 5 nitrogen and oxygen atoms in total. The Morgan fingerprint density at radius 1 is 1.17 bits per heavy atom. The summed E-state index contributed by atoms with van der Waals surface area (Å²) in [5, 5.41) is 2.98. The Balaban J connectivity index is 1.55. The zero-order valence-corrected chi connectivity index (χ0v) is 13.7. The van der Waals surface area contributed by atoms with Crippen molar-refractivity contribution in [1.29, 1.82) is 0 Å². The monoisotopic (exact) mass is 323 g/mol. The maximum atomic E-state index is 12.4. The molecule has 0 bridgehead atoms. The molecule has 0 radical (unpaired) electrons. The lowest BCUT2D eigenvalue weighted by molar-refractivity contribution is -0.121. The minimum atomic E-state index is -0.0524. The summed E-state index contributed by atoms with van der Waals surface area (Å²) in [6.07, 6.45) is 4.60. The van der Waals surface area contributed by atoms with Crippen LogP contribution in [-0.2, 0) is 4.79 Å². The van der Waals surface area contributed by atoms with Gasteiger partial charge >= 0.3 is 0 Å². The summed E-state index contributed by atoms with van der Waals surface area (Å²) in [7, 11) is 0. The van der Waals surface area contributed by atoms with Crippen LogP contribution in [0.15, 0.2) is 48.8 Å². The molecule has 1 aliphatic heterocycles. The first-order valence-corrected chi connectivity index (χ1v) is 8.20. The van der Waals surface area contributed by atoms with E-state index in [4.69, 9.17) is 0 Å². The zero-order valence-electron chi connectivity index (χ0n) is 13.7. The van der Waals surface area contributed by atoms with Gasteiger partial charge in [0.1, 0.15) is 0 Å². The van der Waals surface area contributed by atoms with Gasteiger partial charge < -0.3 is 10.2 Å². The first kappa shape index (κ1) is 16.2. The molecule has 1 N–H and O–H groups in total. The summed E-state index contributed by atoms with van der Waals surface area (Å²) in [5.74, 6) is -0.0295. The van der Waals surface area contributed by atoms with E-state index in [2.05, 4.69) is 10.3 Å². The third-order valence-corrected chi connectivity index (χ3v) is 4.35. The van der Waals surface area contributed by atoms with Gasteiger partial charge in [0.2, 0.25) is 5.91 Å². The first-order valence-electron chi connectivity index (χ1n) is 8.20. The van der Waals surface area contributed by atoms with E-state index in [1.807, 2.05) is 31.2 Å². The van der Waals surface area contributed by atoms with E-state index >= 15 is 0 Å². The summed E-state index contributed by atoms with van der Waals surface area (Å²) in [6.45, 7) is 3.19. The second kappa shape index (κ2) is 7.25. The van der Waals surface area contributed by atoms with Crippen LogP contribution in [0.25, 0.3) is 0 Å². The molecule has 1 aliphatic rings. The standard InChI is InChI=1S/C19H21N3O2/c1-14-4-2-6-17(12-14)21-18(23)15-7-10-22(11-8-15)19(24)16-5-3-9-20-13-16/h2-6,9,12-13,15H,7-8,10-11H2,1H3,(H,21,23). The number of anilines is 1. The maximum Gasteiger partial charge on any atom is 0.255 e. The molecule has 3 rings (SSSR count). The van der Waals surface area contributed by atoms with E-state index in [0.29, 0.717) is 31.5 Å². The molecule has 5 heteroatoms. The van der Waals surface area contributed by atoms with Crippen molar-refractivity contribution in [2.45, 2.75) is 19.8 Å². The van der Waals surface area contributed by atoms with Gasteiger partial charge in [0.25, 0.3) is 5.91 Å². The molecular formula is C19H21N3O2. The quantitative estimate of drug-likeness (QED) is 0.945. The second-order valence-corrected chi connectivity index (χ2v) is 6.17. The number of hydrogen-bond donors (Lipinski definition) is 1. The molecular weight excluding hydrogens is 302 g/mol. The third-order valence-electron chi connectivity index (χ3n) is 4.35. The molecule has 2 heterocycles. The Morgan fingerprint density at radius 3 is 2.62 bits per heavy atom. The minimum Gasteiger partial charge on any atom is -0.339 e. The van der Waals surface area contributed by atoms with E-state index in [-0.39, 0.29) is 17.7 Å². The van der Waals surface area contributed by atoms with E-state index in [1.165, 1.54) is 0 Å². The van der Waals surface area contributed by atoms with Gasteiger partial charge in [-0.05, 0) is 49.6 Å². The van der Waals surface area contributed by atoms with E-state index < -0.39 is 0 Å². The Hall–Kier alpha value is -2.69. The predicted molar refractivity (Wildman–Crippen MR) is 92.7 cm³/mol. The molecule has 0 saturated carbocycles. The second-order valence-electron chi connectivity index (χ2n) is 6.17. The van der Waals surface area contributed by atoms with Crippen LogP contribution in [0.4, 0.5) is 5.69 Å². The van der Waals surface area contributed by atoms with Crippen molar-refractivity contribution >= 4 is 17.5 Å². The number of hydrogen-bond acceptors (Lipinski definition) is 3. The van der Waals surface area contributed by atoms with Crippen LogP contribution in [0.2, 0.25) is 0 Å². The van der Waals surface area contributed by atoms with Gasteiger partial charge in [-0.1, -0.05) is 12.1 Å². The fraction of sp³-hybridized carbons (Fsp3) is 0.316. The topological polar surface area (TPSA) is 62.3 Å². The Morgan fingerprint density at radius 2 is 1.96 bits per heavy atom. The number of nitrogens with zero attached hydrogens (tertiary/aromatic N) is 2. The van der Waals surface area contributed by atoms with Crippen LogP contribution in [0.3, 0.4) is 0 Å². The predicted octanol–water partition coefficient (Wildman–Crippen LogP) is 2.88. The summed E-state index contributed by atoms with van der Waals surface area (Å²) < 4.78 is 0. The molecule has 1 saturated heterocycles. The van der Waals surface area contributed by atoms with Crippen molar-refractivity contribution in [2.75, 3.05) is 18.4 Å². The number of carbonyl (C=O) groups is 2. The van der Waals surface area contributed by atoms with Crippen molar-refractivity contribution in [3.63, 3.8) is 0 Å². The van der Waals surface area contributed by atoms with Crippen molar-refractivity contribution in [3.8, 4) is 0 Å². The molecule has 24 heavy (non-hydrogen) atoms. The van der Waals surface area contributed by atoms with E-state index in [9.17, 15) is 9.59 Å². The maximum absolute atomic E-state index is 12.4. The van der Waals surface area contributed by atoms with Gasteiger partial charge in [-0.25, -0.2) is 0 Å². The van der Waals surface area contributed by atoms with Crippen LogP contribution >= 0.6 is 0 Å². The molecule has 0 aliphatic carbocycles. The van der Waals surface area contributed by atoms with Gasteiger partial charge in [-0.3, -0.25) is 14.6 Å². The summed E-state index contributed by atoms with van der Waals surface area (Å²) in [6, 6.07) is 11.3. The van der Waals surface area contributed by atoms with Crippen molar-refractivity contribution in [3.05, 3.63) is 59.9 Å². The van der Waals surface area contributed by atoms with Gasteiger partial charge in [0.05, 0.1) is 5.56 Å². The van der Waals surface area contributed by atoms with Crippen molar-refractivity contribution in [2.24, 2.45) is 5.92 Å². The molecule has 2 amide bonds. The lowest BCUT2D eigenvalue weighted by atomic mass is 9.95. The fourth-order valence-corrected chi connectivity index (χ4v) is 2.98. The Bertz CT molecular complexity index is 722. The largest absolute Gasteiger partial charge is 0.339 e. The molecule has 0 unspecified atom stereocenters. The number of pyridine rings is 1. The highest BCUT2D eigenvalue weighted by Crippen LogP contribution is 2.21. The molecule has 0 spiro atoms. The number of nitrogens with one attached hydrogen (secondary N) is 1. The number of likely N-dealkylation sites (tertiary alicyclic amines) is 1. The van der Waals surface area contributed by atoms with Crippen LogP contribution in [0.5, 0.6) is 0 Å². The van der Waals surface area contributed by atoms with Crippen LogP contribution in [-0.4, -0.2) is 34.8 Å². The molecule has 1 fully saturated rings. The van der Waals surface area contributed by atoms with Crippen LogP contribution in [0.1, 0.15) is 28.8 Å². The lowest BCUT2D eigenvalue weighted by Crippen LogP contribution is -2.41. The number of piperidine rings is 1. The number of rotatable bonds is 3. The summed E-state index contributed by atoms with van der Waals surface area (Å²) in [4.78, 5) is 30.6. The van der Waals surface area contributed by atoms with E-state index in [0.717, 1.165) is 11.3 Å². The number of carbonyl (C=O) groups excluding carboxylic acids is 2. The summed E-state index contributed by atoms with van der Waals surface area (Å²) in [5.41, 5.74) is 2.54. The van der Waals surface area contributed by atoms with Gasteiger partial charge in [-0.15, -0.1) is 0 Å². The minimum absolute atomic E-state index is 0.0133. The zero-order chi connectivity index (χ0) is 16.9. The van der Waals surface area contributed by atoms with Crippen LogP contribution in [0, 0.1) is 12.8 Å². The number of aromatic nitrogens is 1. The normalized spacial score (nSPS) is 15.1. The lowest BCUT2D eigenvalue weighted by Gasteiger charge is -2.31. The van der Waals surface area contributed by atoms with Gasteiger partial charge in [0.15, 0.2) is 0 Å². The number of benzene rings is 1. The molecule has 1 aromatic carbocycles. The van der Waals surface area contributed by atoms with Crippen molar-refractivity contribution < 1.29 is 9.59 Å². The smallest absolute Gasteiger partial charge is 0.255 e.